The SMILES string of the molecule is O=S(=O)([O-])c1ccc(-c2c3ccccc3cc3ccccc23)cc1.[NH3+]C(c1ccccc1)(c1ccccc1)c1ccccc1. The van der Waals surface area contributed by atoms with Gasteiger partial charge in [-0.3, -0.25) is 0 Å². The van der Waals surface area contributed by atoms with Gasteiger partial charge in [-0.05, 0) is 50.9 Å². The van der Waals surface area contributed by atoms with E-state index in [1.165, 1.54) is 28.8 Å². The van der Waals surface area contributed by atoms with Gasteiger partial charge in [-0.15, -0.1) is 0 Å². The maximum absolute atomic E-state index is 11.1. The first-order valence-corrected chi connectivity index (χ1v) is 15.8. The molecule has 0 radical (unpaired) electrons. The maximum Gasteiger partial charge on any atom is 0.172 e. The number of rotatable bonds is 5. The van der Waals surface area contributed by atoms with E-state index < -0.39 is 10.1 Å². The lowest BCUT2D eigenvalue weighted by molar-refractivity contribution is -0.455. The Morgan fingerprint density at radius 3 is 1.23 bits per heavy atom. The molecule has 0 aliphatic carbocycles. The summed E-state index contributed by atoms with van der Waals surface area (Å²) in [7, 11) is -4.44. The molecule has 0 aliphatic rings. The van der Waals surface area contributed by atoms with E-state index in [4.69, 9.17) is 0 Å². The van der Waals surface area contributed by atoms with Crippen LogP contribution in [-0.2, 0) is 15.7 Å². The van der Waals surface area contributed by atoms with E-state index >= 15 is 0 Å². The van der Waals surface area contributed by atoms with Crippen LogP contribution in [0.3, 0.4) is 0 Å². The molecule has 3 N–H and O–H groups in total. The topological polar surface area (TPSA) is 84.8 Å². The van der Waals surface area contributed by atoms with Gasteiger partial charge in [0.2, 0.25) is 0 Å². The molecule has 44 heavy (non-hydrogen) atoms. The van der Waals surface area contributed by atoms with Crippen molar-refractivity contribution < 1.29 is 18.7 Å². The first-order valence-electron chi connectivity index (χ1n) is 14.3. The predicted molar refractivity (Wildman–Crippen MR) is 177 cm³/mol. The monoisotopic (exact) mass is 593 g/mol. The van der Waals surface area contributed by atoms with Gasteiger partial charge >= 0.3 is 0 Å². The van der Waals surface area contributed by atoms with Crippen LogP contribution in [0.15, 0.2) is 175 Å². The number of hydrogen-bond acceptors (Lipinski definition) is 3. The van der Waals surface area contributed by atoms with Crippen molar-refractivity contribution in [3.63, 3.8) is 0 Å². The molecule has 0 spiro atoms. The second-order valence-corrected chi connectivity index (χ2v) is 12.1. The predicted octanol–water partition coefficient (Wildman–Crippen LogP) is 7.78. The van der Waals surface area contributed by atoms with Crippen molar-refractivity contribution in [3.8, 4) is 11.1 Å². The molecule has 0 bridgehead atoms. The minimum absolute atomic E-state index is 0.212. The molecular formula is C39H31NO3S. The van der Waals surface area contributed by atoms with Crippen molar-refractivity contribution in [2.45, 2.75) is 10.4 Å². The Morgan fingerprint density at radius 2 is 0.841 bits per heavy atom. The second kappa shape index (κ2) is 12.3. The number of fused-ring (bicyclic) bond motifs is 2. The summed E-state index contributed by atoms with van der Waals surface area (Å²) in [5.74, 6) is 0. The maximum atomic E-state index is 11.1. The number of quaternary nitrogens is 1. The van der Waals surface area contributed by atoms with Gasteiger partial charge in [0.05, 0.1) is 4.90 Å². The van der Waals surface area contributed by atoms with Gasteiger partial charge in [-0.25, -0.2) is 8.42 Å². The first-order chi connectivity index (χ1) is 21.4. The highest BCUT2D eigenvalue weighted by molar-refractivity contribution is 7.85. The largest absolute Gasteiger partial charge is 0.744 e. The summed E-state index contributed by atoms with van der Waals surface area (Å²) in [6.45, 7) is 0. The van der Waals surface area contributed by atoms with Crippen LogP contribution < -0.4 is 5.73 Å². The van der Waals surface area contributed by atoms with Gasteiger partial charge in [0.15, 0.2) is 5.54 Å². The first kappa shape index (κ1) is 29.0. The normalized spacial score (nSPS) is 11.6. The molecule has 216 valence electrons. The summed E-state index contributed by atoms with van der Waals surface area (Å²) >= 11 is 0. The van der Waals surface area contributed by atoms with Crippen molar-refractivity contribution in [1.29, 1.82) is 0 Å². The average Bonchev–Trinajstić information content (AvgIpc) is 3.08. The Hall–Kier alpha value is -5.07. The molecule has 0 heterocycles. The van der Waals surface area contributed by atoms with Crippen LogP contribution in [-0.4, -0.2) is 13.0 Å². The fourth-order valence-corrected chi connectivity index (χ4v) is 6.25. The van der Waals surface area contributed by atoms with Gasteiger partial charge < -0.3 is 10.3 Å². The molecule has 0 saturated heterocycles. The molecule has 0 aliphatic heterocycles. The Morgan fingerprint density at radius 1 is 0.477 bits per heavy atom. The molecular weight excluding hydrogens is 563 g/mol. The van der Waals surface area contributed by atoms with E-state index in [1.54, 1.807) is 12.1 Å². The Kier molecular flexibility index (Phi) is 8.09. The molecule has 0 aromatic heterocycles. The zero-order valence-electron chi connectivity index (χ0n) is 24.0. The highest BCUT2D eigenvalue weighted by atomic mass is 32.2. The van der Waals surface area contributed by atoms with E-state index in [0.717, 1.165) is 32.7 Å². The van der Waals surface area contributed by atoms with E-state index in [9.17, 15) is 13.0 Å². The van der Waals surface area contributed by atoms with E-state index in [1.807, 2.05) is 42.5 Å². The number of benzene rings is 7. The van der Waals surface area contributed by atoms with E-state index in [2.05, 4.69) is 109 Å². The standard InChI is InChI=1S/C20H14O3S.C19H17N/c21-24(22,23)17-11-9-14(10-12-17)20-18-7-3-1-5-15(18)13-16-6-2-4-8-19(16)20;20-19(16-10-4-1-5-11-16,17-12-6-2-7-13-17)18-14-8-3-9-15-18/h1-13H,(H,21,22,23);1-15H,20H2. The van der Waals surface area contributed by atoms with Gasteiger partial charge in [0, 0.05) is 16.7 Å². The molecule has 0 atom stereocenters. The summed E-state index contributed by atoms with van der Waals surface area (Å²) in [6, 6.07) is 55.9. The van der Waals surface area contributed by atoms with Crippen LogP contribution >= 0.6 is 0 Å². The third kappa shape index (κ3) is 5.77. The molecule has 5 heteroatoms. The molecule has 7 aromatic carbocycles. The van der Waals surface area contributed by atoms with Crippen molar-refractivity contribution in [2.75, 3.05) is 0 Å². The summed E-state index contributed by atoms with van der Waals surface area (Å²) in [6.07, 6.45) is 0. The molecule has 0 amide bonds. The molecule has 7 rings (SSSR count). The van der Waals surface area contributed by atoms with Gasteiger partial charge in [-0.2, -0.15) is 0 Å². The van der Waals surface area contributed by atoms with E-state index in [-0.39, 0.29) is 10.4 Å². The smallest absolute Gasteiger partial charge is 0.172 e. The third-order valence-electron chi connectivity index (χ3n) is 8.00. The summed E-state index contributed by atoms with van der Waals surface area (Å²) in [5, 5.41) is 4.42. The minimum atomic E-state index is -4.44. The lowest BCUT2D eigenvalue weighted by atomic mass is 9.78. The van der Waals surface area contributed by atoms with Crippen molar-refractivity contribution in [2.24, 2.45) is 0 Å². The number of hydrogen-bond donors (Lipinski definition) is 1. The highest BCUT2D eigenvalue weighted by Gasteiger charge is 2.35. The molecule has 4 nitrogen and oxygen atoms in total. The molecule has 0 fully saturated rings. The van der Waals surface area contributed by atoms with Crippen LogP contribution in [0.2, 0.25) is 0 Å². The van der Waals surface area contributed by atoms with E-state index in [0.29, 0.717) is 0 Å². The lowest BCUT2D eigenvalue weighted by Crippen LogP contribution is -2.71. The van der Waals surface area contributed by atoms with Gasteiger partial charge in [0.1, 0.15) is 10.1 Å². The van der Waals surface area contributed by atoms with Crippen LogP contribution in [0.5, 0.6) is 0 Å². The highest BCUT2D eigenvalue weighted by Crippen LogP contribution is 2.36. The molecule has 0 saturated carbocycles. The third-order valence-corrected chi connectivity index (χ3v) is 8.85. The zero-order valence-corrected chi connectivity index (χ0v) is 24.8. The molecule has 0 unspecified atom stereocenters. The summed E-state index contributed by atoms with van der Waals surface area (Å²) in [4.78, 5) is -0.212. The lowest BCUT2D eigenvalue weighted by Gasteiger charge is -2.27. The molecule has 7 aromatic rings. The quantitative estimate of drug-likeness (QED) is 0.126. The summed E-state index contributed by atoms with van der Waals surface area (Å²) in [5.41, 5.74) is 9.75. The van der Waals surface area contributed by atoms with Gasteiger partial charge in [-0.1, -0.05) is 152 Å². The Labute approximate surface area is 257 Å². The van der Waals surface area contributed by atoms with Crippen molar-refractivity contribution in [3.05, 3.63) is 187 Å². The fourth-order valence-electron chi connectivity index (χ4n) is 5.78. The minimum Gasteiger partial charge on any atom is -0.744 e. The zero-order chi connectivity index (χ0) is 30.6. The summed E-state index contributed by atoms with van der Waals surface area (Å²) < 4.78 is 33.4. The van der Waals surface area contributed by atoms with Crippen LogP contribution in [0.25, 0.3) is 32.7 Å². The Balaban J connectivity index is 0.000000159. The van der Waals surface area contributed by atoms with Crippen LogP contribution in [0, 0.1) is 0 Å². The Bertz CT molecular complexity index is 1980. The van der Waals surface area contributed by atoms with Crippen LogP contribution in [0.4, 0.5) is 0 Å². The van der Waals surface area contributed by atoms with Crippen molar-refractivity contribution in [1.82, 2.24) is 0 Å². The average molecular weight is 594 g/mol. The van der Waals surface area contributed by atoms with Crippen LogP contribution in [0.1, 0.15) is 16.7 Å². The second-order valence-electron chi connectivity index (χ2n) is 10.7. The van der Waals surface area contributed by atoms with Crippen molar-refractivity contribution >= 4 is 31.7 Å². The van der Waals surface area contributed by atoms with Gasteiger partial charge in [0.25, 0.3) is 0 Å². The fraction of sp³-hybridized carbons (Fsp3) is 0.0256.